The molecule has 0 unspecified atom stereocenters. The SMILES string of the molecule is CC(C)Cc1cc(C(=O)N[C@@H]2C[C@H]3OCC[C@@H]23)on1. The molecule has 1 aliphatic heterocycles. The number of hydrogen-bond donors (Lipinski definition) is 1. The smallest absolute Gasteiger partial charge is 0.290 e. The molecule has 1 aromatic rings. The zero-order valence-electron chi connectivity index (χ0n) is 11.4. The summed E-state index contributed by atoms with van der Waals surface area (Å²) in [4.78, 5) is 12.0. The molecule has 5 nitrogen and oxygen atoms in total. The summed E-state index contributed by atoms with van der Waals surface area (Å²) in [5.41, 5.74) is 0.843. The second kappa shape index (κ2) is 4.96. The predicted octanol–water partition coefficient (Wildman–Crippen LogP) is 1.78. The third kappa shape index (κ3) is 2.52. The molecule has 1 saturated heterocycles. The van der Waals surface area contributed by atoms with Crippen molar-refractivity contribution in [1.29, 1.82) is 0 Å². The molecule has 104 valence electrons. The van der Waals surface area contributed by atoms with Crippen LogP contribution in [0.1, 0.15) is 42.9 Å². The van der Waals surface area contributed by atoms with Crippen LogP contribution in [0.4, 0.5) is 0 Å². The molecule has 1 N–H and O–H groups in total. The highest BCUT2D eigenvalue weighted by Crippen LogP contribution is 2.38. The fourth-order valence-corrected chi connectivity index (χ4v) is 2.94. The summed E-state index contributed by atoms with van der Waals surface area (Å²) in [5.74, 6) is 1.15. The van der Waals surface area contributed by atoms with E-state index in [4.69, 9.17) is 9.26 Å². The Hall–Kier alpha value is -1.36. The fourth-order valence-electron chi connectivity index (χ4n) is 2.94. The van der Waals surface area contributed by atoms with E-state index in [2.05, 4.69) is 24.3 Å². The number of fused-ring (bicyclic) bond motifs is 1. The molecule has 0 spiro atoms. The molecule has 0 bridgehead atoms. The van der Waals surface area contributed by atoms with Gasteiger partial charge in [0.25, 0.3) is 5.91 Å². The normalized spacial score (nSPS) is 29.1. The molecule has 2 fully saturated rings. The average molecular weight is 264 g/mol. The first-order valence-corrected chi connectivity index (χ1v) is 7.01. The first-order valence-electron chi connectivity index (χ1n) is 7.01. The number of nitrogens with zero attached hydrogens (tertiary/aromatic N) is 1. The van der Waals surface area contributed by atoms with Gasteiger partial charge in [0.15, 0.2) is 0 Å². The van der Waals surface area contributed by atoms with E-state index in [0.29, 0.717) is 23.7 Å². The van der Waals surface area contributed by atoms with Gasteiger partial charge < -0.3 is 14.6 Å². The van der Waals surface area contributed by atoms with E-state index in [0.717, 1.165) is 31.6 Å². The number of aromatic nitrogens is 1. The summed E-state index contributed by atoms with van der Waals surface area (Å²) in [7, 11) is 0. The Balaban J connectivity index is 1.56. The molecule has 5 heteroatoms. The van der Waals surface area contributed by atoms with Crippen LogP contribution >= 0.6 is 0 Å². The Morgan fingerprint density at radius 2 is 2.42 bits per heavy atom. The largest absolute Gasteiger partial charge is 0.378 e. The maximum absolute atomic E-state index is 12.0. The monoisotopic (exact) mass is 264 g/mol. The van der Waals surface area contributed by atoms with Gasteiger partial charge in [0.2, 0.25) is 5.76 Å². The number of hydrogen-bond acceptors (Lipinski definition) is 4. The Morgan fingerprint density at radius 1 is 1.58 bits per heavy atom. The maximum Gasteiger partial charge on any atom is 0.290 e. The number of carbonyl (C=O) groups is 1. The Kier molecular flexibility index (Phi) is 3.31. The van der Waals surface area contributed by atoms with Crippen LogP contribution in [0.2, 0.25) is 0 Å². The standard InChI is InChI=1S/C14H20N2O3/c1-8(2)5-9-6-13(19-16-9)14(17)15-11-7-12-10(11)3-4-18-12/h6,8,10-12H,3-5,7H2,1-2H3,(H,15,17)/t10-,11+,12+/m0/s1. The number of carbonyl (C=O) groups excluding carboxylic acids is 1. The third-order valence-corrected chi connectivity index (χ3v) is 3.98. The summed E-state index contributed by atoms with van der Waals surface area (Å²) < 4.78 is 10.6. The zero-order chi connectivity index (χ0) is 13.4. The number of rotatable bonds is 4. The van der Waals surface area contributed by atoms with Crippen molar-refractivity contribution in [2.45, 2.75) is 45.3 Å². The van der Waals surface area contributed by atoms with Crippen LogP contribution in [-0.4, -0.2) is 29.8 Å². The molecule has 2 heterocycles. The van der Waals surface area contributed by atoms with E-state index < -0.39 is 0 Å². The second-order valence-corrected chi connectivity index (χ2v) is 5.96. The third-order valence-electron chi connectivity index (χ3n) is 3.98. The lowest BCUT2D eigenvalue weighted by atomic mass is 9.76. The van der Waals surface area contributed by atoms with Crippen LogP contribution in [0.15, 0.2) is 10.6 Å². The number of nitrogens with one attached hydrogen (secondary N) is 1. The molecule has 2 aliphatic rings. The molecule has 0 radical (unpaired) electrons. The van der Waals surface area contributed by atoms with Gasteiger partial charge >= 0.3 is 0 Å². The summed E-state index contributed by atoms with van der Waals surface area (Å²) in [5, 5.41) is 6.95. The molecule has 1 saturated carbocycles. The lowest BCUT2D eigenvalue weighted by molar-refractivity contribution is 0.00763. The Bertz CT molecular complexity index is 469. The van der Waals surface area contributed by atoms with Crippen molar-refractivity contribution in [2.75, 3.05) is 6.61 Å². The first kappa shape index (κ1) is 12.7. The van der Waals surface area contributed by atoms with Crippen LogP contribution in [0, 0.1) is 11.8 Å². The Morgan fingerprint density at radius 3 is 3.16 bits per heavy atom. The van der Waals surface area contributed by atoms with Crippen molar-refractivity contribution in [3.8, 4) is 0 Å². The summed E-state index contributed by atoms with van der Waals surface area (Å²) in [6, 6.07) is 1.98. The van der Waals surface area contributed by atoms with Crippen molar-refractivity contribution in [1.82, 2.24) is 10.5 Å². The average Bonchev–Trinajstić information content (AvgIpc) is 2.92. The minimum absolute atomic E-state index is 0.155. The molecule has 1 aliphatic carbocycles. The quantitative estimate of drug-likeness (QED) is 0.900. The minimum atomic E-state index is -0.155. The van der Waals surface area contributed by atoms with E-state index in [1.165, 1.54) is 0 Å². The maximum atomic E-state index is 12.0. The van der Waals surface area contributed by atoms with Crippen LogP contribution in [0.25, 0.3) is 0 Å². The van der Waals surface area contributed by atoms with E-state index >= 15 is 0 Å². The van der Waals surface area contributed by atoms with Gasteiger partial charge in [-0.25, -0.2) is 0 Å². The van der Waals surface area contributed by atoms with Crippen LogP contribution in [0.3, 0.4) is 0 Å². The molecule has 19 heavy (non-hydrogen) atoms. The summed E-state index contributed by atoms with van der Waals surface area (Å²) in [6.07, 6.45) is 3.16. The van der Waals surface area contributed by atoms with Gasteiger partial charge in [-0.15, -0.1) is 0 Å². The van der Waals surface area contributed by atoms with E-state index in [1.54, 1.807) is 6.07 Å². The van der Waals surface area contributed by atoms with E-state index in [9.17, 15) is 4.79 Å². The van der Waals surface area contributed by atoms with Crippen LogP contribution in [-0.2, 0) is 11.2 Å². The zero-order valence-corrected chi connectivity index (χ0v) is 11.4. The molecule has 1 amide bonds. The van der Waals surface area contributed by atoms with Gasteiger partial charge in [-0.05, 0) is 25.2 Å². The highest BCUT2D eigenvalue weighted by molar-refractivity contribution is 5.91. The highest BCUT2D eigenvalue weighted by Gasteiger charge is 2.46. The van der Waals surface area contributed by atoms with Crippen LogP contribution < -0.4 is 5.32 Å². The molecule has 3 atom stereocenters. The Labute approximate surface area is 112 Å². The second-order valence-electron chi connectivity index (χ2n) is 5.96. The summed E-state index contributed by atoms with van der Waals surface area (Å²) >= 11 is 0. The molecule has 0 aromatic carbocycles. The number of amides is 1. The van der Waals surface area contributed by atoms with Gasteiger partial charge in [0, 0.05) is 24.6 Å². The highest BCUT2D eigenvalue weighted by atomic mass is 16.5. The van der Waals surface area contributed by atoms with Gasteiger partial charge in [0.1, 0.15) is 0 Å². The van der Waals surface area contributed by atoms with Gasteiger partial charge in [0.05, 0.1) is 11.8 Å². The molecular formula is C14H20N2O3. The van der Waals surface area contributed by atoms with E-state index in [-0.39, 0.29) is 11.9 Å². The minimum Gasteiger partial charge on any atom is -0.378 e. The van der Waals surface area contributed by atoms with Crippen molar-refractivity contribution >= 4 is 5.91 Å². The van der Waals surface area contributed by atoms with Crippen molar-refractivity contribution in [3.63, 3.8) is 0 Å². The van der Waals surface area contributed by atoms with E-state index in [1.807, 2.05) is 0 Å². The number of ether oxygens (including phenoxy) is 1. The first-order chi connectivity index (χ1) is 9.13. The molecule has 3 rings (SSSR count). The lowest BCUT2D eigenvalue weighted by Crippen LogP contribution is -2.53. The summed E-state index contributed by atoms with van der Waals surface area (Å²) in [6.45, 7) is 5.05. The van der Waals surface area contributed by atoms with Gasteiger partial charge in [-0.3, -0.25) is 4.79 Å². The van der Waals surface area contributed by atoms with Crippen LogP contribution in [0.5, 0.6) is 0 Å². The molecule has 1 aromatic heterocycles. The topological polar surface area (TPSA) is 64.4 Å². The van der Waals surface area contributed by atoms with Crippen molar-refractivity contribution in [2.24, 2.45) is 11.8 Å². The van der Waals surface area contributed by atoms with Crippen molar-refractivity contribution < 1.29 is 14.1 Å². The van der Waals surface area contributed by atoms with Gasteiger partial charge in [-0.2, -0.15) is 0 Å². The lowest BCUT2D eigenvalue weighted by Gasteiger charge is -2.39. The molecular weight excluding hydrogens is 244 g/mol. The van der Waals surface area contributed by atoms with Gasteiger partial charge in [-0.1, -0.05) is 19.0 Å². The van der Waals surface area contributed by atoms with Crippen molar-refractivity contribution in [3.05, 3.63) is 17.5 Å². The predicted molar refractivity (Wildman–Crippen MR) is 68.8 cm³/mol. The fraction of sp³-hybridized carbons (Fsp3) is 0.714.